The first-order valence-electron chi connectivity index (χ1n) is 2.39. The lowest BCUT2D eigenvalue weighted by Gasteiger charge is -2.12. The fourth-order valence-corrected chi connectivity index (χ4v) is 1.40. The third-order valence-corrected chi connectivity index (χ3v) is 1.77. The Balaban J connectivity index is 3.93. The number of carboxylic acids is 1. The van der Waals surface area contributed by atoms with Crippen LogP contribution in [0.3, 0.4) is 0 Å². The van der Waals surface area contributed by atoms with E-state index >= 15 is 0 Å². The van der Waals surface area contributed by atoms with E-state index in [1.54, 1.807) is 0 Å². The lowest BCUT2D eigenvalue weighted by Crippen LogP contribution is -2.30. The minimum Gasteiger partial charge on any atom is -0.480 e. The van der Waals surface area contributed by atoms with Gasteiger partial charge in [-0.1, -0.05) is 0 Å². The molecule has 0 aliphatic carbocycles. The van der Waals surface area contributed by atoms with E-state index in [0.717, 1.165) is 0 Å². The molecule has 0 aliphatic rings. The predicted molar refractivity (Wildman–Crippen MR) is 39.0 cm³/mol. The second-order valence-electron chi connectivity index (χ2n) is 1.73. The van der Waals surface area contributed by atoms with Crippen molar-refractivity contribution in [3.63, 3.8) is 0 Å². The summed E-state index contributed by atoms with van der Waals surface area (Å²) in [5.41, 5.74) is 0. The lowest BCUT2D eigenvalue weighted by atomic mass is 10.4. The van der Waals surface area contributed by atoms with Gasteiger partial charge in [0, 0.05) is 0 Å². The Bertz CT molecular complexity index is 177. The van der Waals surface area contributed by atoms with E-state index in [-0.39, 0.29) is 0 Å². The van der Waals surface area contributed by atoms with Crippen LogP contribution < -0.4 is 5.09 Å². The molecule has 7 heteroatoms. The van der Waals surface area contributed by atoms with Gasteiger partial charge in [0.25, 0.3) is 6.64 Å². The molecule has 60 valence electrons. The fourth-order valence-electron chi connectivity index (χ4n) is 0.307. The van der Waals surface area contributed by atoms with Crippen molar-refractivity contribution in [1.29, 1.82) is 0 Å². The lowest BCUT2D eigenvalue weighted by molar-refractivity contribution is -0.138. The van der Waals surface area contributed by atoms with Gasteiger partial charge in [-0.25, -0.2) is 5.09 Å². The predicted octanol–water partition coefficient (Wildman–Crippen LogP) is -0.742. The molecule has 5 nitrogen and oxygen atoms in total. The molecule has 0 aromatic heterocycles. The normalized spacial score (nSPS) is 14.7. The quantitative estimate of drug-likeness (QED) is 0.433. The van der Waals surface area contributed by atoms with Gasteiger partial charge in [-0.05, 0) is 18.7 Å². The highest BCUT2D eigenvalue weighted by Crippen LogP contribution is 2.29. The standard InChI is InChI=1S/C3H8NO4PS/c1-2(3(5)6)4-9(7,8)10/h2H,1H3,(H,5,6)(H3,4,7,8,10)/t2-/m0/s1. The molecule has 0 bridgehead atoms. The molecule has 0 fully saturated rings. The van der Waals surface area contributed by atoms with Crippen LogP contribution in [0.2, 0.25) is 0 Å². The molecular weight excluding hydrogens is 177 g/mol. The molecule has 0 spiro atoms. The summed E-state index contributed by atoms with van der Waals surface area (Å²) in [6.07, 6.45) is 0. The van der Waals surface area contributed by atoms with Gasteiger partial charge in [-0.2, -0.15) is 0 Å². The van der Waals surface area contributed by atoms with Gasteiger partial charge < -0.3 is 14.9 Å². The van der Waals surface area contributed by atoms with Crippen molar-refractivity contribution < 1.29 is 19.7 Å². The first kappa shape index (κ1) is 10.0. The highest BCUT2D eigenvalue weighted by molar-refractivity contribution is 8.08. The minimum atomic E-state index is -3.57. The highest BCUT2D eigenvalue weighted by atomic mass is 32.5. The molecule has 0 rings (SSSR count). The monoisotopic (exact) mass is 185 g/mol. The van der Waals surface area contributed by atoms with Gasteiger partial charge in [-0.3, -0.25) is 4.79 Å². The van der Waals surface area contributed by atoms with Gasteiger partial charge in [0.2, 0.25) is 0 Å². The minimum absolute atomic E-state index is 1.03. The van der Waals surface area contributed by atoms with Crippen LogP contribution >= 0.6 is 6.64 Å². The van der Waals surface area contributed by atoms with Crippen molar-refractivity contribution in [2.24, 2.45) is 0 Å². The average Bonchev–Trinajstić information content (AvgIpc) is 1.60. The van der Waals surface area contributed by atoms with Crippen LogP contribution in [0.15, 0.2) is 0 Å². The smallest absolute Gasteiger partial charge is 0.320 e. The van der Waals surface area contributed by atoms with Crippen LogP contribution in [0.25, 0.3) is 0 Å². The third kappa shape index (κ3) is 4.84. The van der Waals surface area contributed by atoms with Gasteiger partial charge >= 0.3 is 5.97 Å². The fraction of sp³-hybridized carbons (Fsp3) is 0.667. The van der Waals surface area contributed by atoms with Gasteiger partial charge in [-0.15, -0.1) is 0 Å². The van der Waals surface area contributed by atoms with Gasteiger partial charge in [0.15, 0.2) is 0 Å². The van der Waals surface area contributed by atoms with Gasteiger partial charge in [0.05, 0.1) is 0 Å². The average molecular weight is 185 g/mol. The Morgan fingerprint density at radius 1 is 1.70 bits per heavy atom. The van der Waals surface area contributed by atoms with Crippen molar-refractivity contribution in [2.45, 2.75) is 13.0 Å². The van der Waals surface area contributed by atoms with E-state index in [1.165, 1.54) is 6.92 Å². The Labute approximate surface area is 62.9 Å². The molecule has 0 aliphatic heterocycles. The molecule has 0 heterocycles. The Kier molecular flexibility index (Phi) is 3.41. The Hall–Kier alpha value is 0. The number of hydrogen-bond acceptors (Lipinski definition) is 2. The second-order valence-corrected chi connectivity index (χ2v) is 4.61. The highest BCUT2D eigenvalue weighted by Gasteiger charge is 2.17. The van der Waals surface area contributed by atoms with Crippen molar-refractivity contribution in [3.05, 3.63) is 0 Å². The first-order valence-corrected chi connectivity index (χ1v) is 5.10. The number of carbonyl (C=O) groups is 1. The SMILES string of the molecule is C[C@H](NP(O)(O)=S)C(=O)O. The number of hydrogen-bond donors (Lipinski definition) is 4. The molecule has 0 aromatic rings. The molecule has 10 heavy (non-hydrogen) atoms. The maximum absolute atomic E-state index is 10.1. The van der Waals surface area contributed by atoms with E-state index in [2.05, 4.69) is 11.8 Å². The zero-order valence-corrected chi connectivity index (χ0v) is 6.89. The summed E-state index contributed by atoms with van der Waals surface area (Å²) in [5, 5.41) is 10.2. The van der Waals surface area contributed by atoms with Crippen LogP contribution in [0, 0.1) is 0 Å². The van der Waals surface area contributed by atoms with E-state index in [1.807, 2.05) is 5.09 Å². The second kappa shape index (κ2) is 3.41. The van der Waals surface area contributed by atoms with Gasteiger partial charge in [0.1, 0.15) is 6.04 Å². The van der Waals surface area contributed by atoms with Crippen molar-refractivity contribution in [2.75, 3.05) is 0 Å². The van der Waals surface area contributed by atoms with Crippen LogP contribution in [-0.2, 0) is 16.6 Å². The molecule has 0 unspecified atom stereocenters. The maximum Gasteiger partial charge on any atom is 0.320 e. The summed E-state index contributed by atoms with van der Waals surface area (Å²) in [6, 6.07) is -1.03. The maximum atomic E-state index is 10.1. The van der Waals surface area contributed by atoms with Crippen LogP contribution in [-0.4, -0.2) is 26.9 Å². The van der Waals surface area contributed by atoms with Crippen LogP contribution in [0.1, 0.15) is 6.92 Å². The summed E-state index contributed by atoms with van der Waals surface area (Å²) in [5.74, 6) is -1.17. The molecule has 0 radical (unpaired) electrons. The van der Waals surface area contributed by atoms with E-state index < -0.39 is 18.7 Å². The zero-order chi connectivity index (χ0) is 8.36. The summed E-state index contributed by atoms with van der Waals surface area (Å²) in [6.45, 7) is -2.30. The first-order chi connectivity index (χ1) is 4.33. The van der Waals surface area contributed by atoms with Crippen molar-refractivity contribution in [3.8, 4) is 0 Å². The Morgan fingerprint density at radius 2 is 2.10 bits per heavy atom. The molecule has 0 aromatic carbocycles. The molecular formula is C3H8NO4PS. The molecule has 4 N–H and O–H groups in total. The van der Waals surface area contributed by atoms with E-state index in [4.69, 9.17) is 14.9 Å². The largest absolute Gasteiger partial charge is 0.480 e. The summed E-state index contributed by atoms with van der Waals surface area (Å²) < 4.78 is 0. The Morgan fingerprint density at radius 3 is 2.20 bits per heavy atom. The van der Waals surface area contributed by atoms with E-state index in [9.17, 15) is 4.79 Å². The summed E-state index contributed by atoms with van der Waals surface area (Å²) in [4.78, 5) is 27.2. The van der Waals surface area contributed by atoms with Crippen molar-refractivity contribution >= 4 is 24.4 Å². The molecule has 0 saturated heterocycles. The zero-order valence-electron chi connectivity index (χ0n) is 5.18. The molecule has 1 atom stereocenters. The van der Waals surface area contributed by atoms with Crippen LogP contribution in [0.4, 0.5) is 0 Å². The number of nitrogens with one attached hydrogen (secondary N) is 1. The number of rotatable bonds is 3. The molecule has 0 amide bonds. The summed E-state index contributed by atoms with van der Waals surface area (Å²) in [7, 11) is 0. The van der Waals surface area contributed by atoms with Crippen LogP contribution in [0.5, 0.6) is 0 Å². The summed E-state index contributed by atoms with van der Waals surface area (Å²) >= 11 is 4.13. The topological polar surface area (TPSA) is 89.8 Å². The van der Waals surface area contributed by atoms with Crippen molar-refractivity contribution in [1.82, 2.24) is 5.09 Å². The molecule has 0 saturated carbocycles. The number of aliphatic carboxylic acids is 1. The third-order valence-electron chi connectivity index (χ3n) is 0.732. The number of carboxylic acid groups (broad SMARTS) is 1. The van der Waals surface area contributed by atoms with E-state index in [0.29, 0.717) is 0 Å².